The van der Waals surface area contributed by atoms with Gasteiger partial charge in [-0.3, -0.25) is 4.79 Å². The van der Waals surface area contributed by atoms with Crippen LogP contribution in [0.5, 0.6) is 0 Å². The summed E-state index contributed by atoms with van der Waals surface area (Å²) in [5.41, 5.74) is -0.594. The zero-order chi connectivity index (χ0) is 13.1. The van der Waals surface area contributed by atoms with Crippen molar-refractivity contribution in [2.75, 3.05) is 7.11 Å². The van der Waals surface area contributed by atoms with Gasteiger partial charge >= 0.3 is 0 Å². The molecular formula is C12H20N2O3. The summed E-state index contributed by atoms with van der Waals surface area (Å²) in [6.45, 7) is 7.70. The fraction of sp³-hybridized carbons (Fsp3) is 0.750. The quantitative estimate of drug-likeness (QED) is 0.762. The van der Waals surface area contributed by atoms with Gasteiger partial charge in [0.1, 0.15) is 11.4 Å². The molecule has 5 nitrogen and oxygen atoms in total. The number of nitrogens with zero attached hydrogens (tertiary/aromatic N) is 2. The number of carbonyl (C=O) groups is 1. The highest BCUT2D eigenvalue weighted by Gasteiger charge is 2.26. The minimum Gasteiger partial charge on any atom is -0.371 e. The molecule has 0 atom stereocenters. The Hall–Kier alpha value is -1.23. The molecule has 1 rings (SSSR count). The number of rotatable bonds is 6. The van der Waals surface area contributed by atoms with Crippen LogP contribution in [0, 0.1) is 5.92 Å². The van der Waals surface area contributed by atoms with Crippen LogP contribution in [0.2, 0.25) is 0 Å². The van der Waals surface area contributed by atoms with Crippen molar-refractivity contribution in [3.8, 4) is 0 Å². The van der Waals surface area contributed by atoms with Gasteiger partial charge < -0.3 is 9.26 Å². The Morgan fingerprint density at radius 3 is 2.65 bits per heavy atom. The maximum absolute atomic E-state index is 11.6. The SMILES string of the molecule is COC(C)(C)c1noc(CC(=O)CC(C)C)n1. The van der Waals surface area contributed by atoms with E-state index in [4.69, 9.17) is 9.26 Å². The molecule has 5 heteroatoms. The lowest BCUT2D eigenvalue weighted by Crippen LogP contribution is -2.21. The molecule has 0 aliphatic heterocycles. The Kier molecular flexibility index (Phi) is 4.40. The third-order valence-corrected chi connectivity index (χ3v) is 2.50. The molecule has 1 heterocycles. The summed E-state index contributed by atoms with van der Waals surface area (Å²) in [6, 6.07) is 0. The van der Waals surface area contributed by atoms with Crippen LogP contribution in [0.1, 0.15) is 45.8 Å². The van der Waals surface area contributed by atoms with E-state index in [1.807, 2.05) is 27.7 Å². The number of ketones is 1. The summed E-state index contributed by atoms with van der Waals surface area (Å²) >= 11 is 0. The lowest BCUT2D eigenvalue weighted by atomic mass is 10.1. The second-order valence-corrected chi connectivity index (χ2v) is 5.04. The monoisotopic (exact) mass is 240 g/mol. The molecule has 1 aromatic rings. The lowest BCUT2D eigenvalue weighted by Gasteiger charge is -2.17. The Morgan fingerprint density at radius 1 is 1.47 bits per heavy atom. The van der Waals surface area contributed by atoms with E-state index in [0.29, 0.717) is 24.1 Å². The van der Waals surface area contributed by atoms with Crippen molar-refractivity contribution in [2.45, 2.75) is 46.1 Å². The van der Waals surface area contributed by atoms with Gasteiger partial charge in [-0.15, -0.1) is 0 Å². The molecule has 0 unspecified atom stereocenters. The van der Waals surface area contributed by atoms with E-state index in [0.717, 1.165) is 0 Å². The van der Waals surface area contributed by atoms with Gasteiger partial charge in [0.05, 0.1) is 6.42 Å². The standard InChI is InChI=1S/C12H20N2O3/c1-8(2)6-9(15)7-10-13-11(14-17-10)12(3,4)16-5/h8H,6-7H2,1-5H3. The molecule has 0 radical (unpaired) electrons. The lowest BCUT2D eigenvalue weighted by molar-refractivity contribution is -0.119. The average molecular weight is 240 g/mol. The molecule has 0 spiro atoms. The maximum Gasteiger partial charge on any atom is 0.234 e. The van der Waals surface area contributed by atoms with Gasteiger partial charge in [-0.1, -0.05) is 19.0 Å². The molecule has 0 amide bonds. The van der Waals surface area contributed by atoms with Crippen LogP contribution in [0.25, 0.3) is 0 Å². The summed E-state index contributed by atoms with van der Waals surface area (Å²) in [5.74, 6) is 1.29. The Balaban J connectivity index is 2.66. The summed E-state index contributed by atoms with van der Waals surface area (Å²) in [6.07, 6.45) is 0.732. The smallest absolute Gasteiger partial charge is 0.234 e. The van der Waals surface area contributed by atoms with Gasteiger partial charge in [0.15, 0.2) is 0 Å². The molecule has 0 aliphatic rings. The predicted octanol–water partition coefficient (Wildman–Crippen LogP) is 2.11. The maximum atomic E-state index is 11.6. The number of hydrogen-bond donors (Lipinski definition) is 0. The summed E-state index contributed by atoms with van der Waals surface area (Å²) in [4.78, 5) is 15.8. The summed E-state index contributed by atoms with van der Waals surface area (Å²) < 4.78 is 10.3. The first kappa shape index (κ1) is 13.8. The van der Waals surface area contributed by atoms with E-state index < -0.39 is 5.60 Å². The molecule has 1 aromatic heterocycles. The normalized spacial score (nSPS) is 12.1. The average Bonchev–Trinajstić information content (AvgIpc) is 2.65. The fourth-order valence-corrected chi connectivity index (χ4v) is 1.36. The zero-order valence-corrected chi connectivity index (χ0v) is 11.1. The van der Waals surface area contributed by atoms with Gasteiger partial charge in [-0.2, -0.15) is 4.98 Å². The minimum atomic E-state index is -0.594. The molecule has 0 fully saturated rings. The molecule has 0 saturated carbocycles. The van der Waals surface area contributed by atoms with E-state index in [1.54, 1.807) is 7.11 Å². The van der Waals surface area contributed by atoms with Crippen molar-refractivity contribution in [1.82, 2.24) is 10.1 Å². The highest BCUT2D eigenvalue weighted by Crippen LogP contribution is 2.20. The first-order valence-electron chi connectivity index (χ1n) is 5.75. The molecule has 0 saturated heterocycles. The highest BCUT2D eigenvalue weighted by atomic mass is 16.5. The van der Waals surface area contributed by atoms with Crippen molar-refractivity contribution in [3.63, 3.8) is 0 Å². The molecular weight excluding hydrogens is 220 g/mol. The fourth-order valence-electron chi connectivity index (χ4n) is 1.36. The van der Waals surface area contributed by atoms with Crippen LogP contribution < -0.4 is 0 Å². The van der Waals surface area contributed by atoms with Gasteiger partial charge in [0.2, 0.25) is 11.7 Å². The Morgan fingerprint density at radius 2 is 2.12 bits per heavy atom. The predicted molar refractivity (Wildman–Crippen MR) is 62.5 cm³/mol. The minimum absolute atomic E-state index is 0.116. The molecule has 0 aliphatic carbocycles. The van der Waals surface area contributed by atoms with Gasteiger partial charge in [0, 0.05) is 13.5 Å². The number of methoxy groups -OCH3 is 1. The Bertz CT molecular complexity index is 383. The van der Waals surface area contributed by atoms with Crippen molar-refractivity contribution >= 4 is 5.78 Å². The molecule has 0 aromatic carbocycles. The van der Waals surface area contributed by atoms with Crippen LogP contribution in [0.3, 0.4) is 0 Å². The number of ether oxygens (including phenoxy) is 1. The number of hydrogen-bond acceptors (Lipinski definition) is 5. The highest BCUT2D eigenvalue weighted by molar-refractivity contribution is 5.80. The van der Waals surface area contributed by atoms with Crippen LogP contribution in [-0.4, -0.2) is 23.0 Å². The third kappa shape index (κ3) is 3.93. The molecule has 0 bridgehead atoms. The number of carbonyl (C=O) groups excluding carboxylic acids is 1. The van der Waals surface area contributed by atoms with Crippen LogP contribution in [0.15, 0.2) is 4.52 Å². The van der Waals surface area contributed by atoms with Crippen LogP contribution >= 0.6 is 0 Å². The molecule has 96 valence electrons. The van der Waals surface area contributed by atoms with Crippen molar-refractivity contribution in [1.29, 1.82) is 0 Å². The summed E-state index contributed by atoms with van der Waals surface area (Å²) in [5, 5.41) is 3.83. The second kappa shape index (κ2) is 5.40. The van der Waals surface area contributed by atoms with Crippen molar-refractivity contribution in [2.24, 2.45) is 5.92 Å². The largest absolute Gasteiger partial charge is 0.371 e. The van der Waals surface area contributed by atoms with Crippen LogP contribution in [-0.2, 0) is 21.6 Å². The van der Waals surface area contributed by atoms with E-state index in [1.165, 1.54) is 0 Å². The van der Waals surface area contributed by atoms with E-state index >= 15 is 0 Å². The first-order chi connectivity index (χ1) is 7.85. The van der Waals surface area contributed by atoms with Crippen LogP contribution in [0.4, 0.5) is 0 Å². The van der Waals surface area contributed by atoms with Crippen molar-refractivity contribution in [3.05, 3.63) is 11.7 Å². The van der Waals surface area contributed by atoms with E-state index in [2.05, 4.69) is 10.1 Å². The zero-order valence-electron chi connectivity index (χ0n) is 11.1. The first-order valence-corrected chi connectivity index (χ1v) is 5.75. The van der Waals surface area contributed by atoms with Gasteiger partial charge in [-0.25, -0.2) is 0 Å². The summed E-state index contributed by atoms with van der Waals surface area (Å²) in [7, 11) is 1.58. The van der Waals surface area contributed by atoms with E-state index in [9.17, 15) is 4.79 Å². The third-order valence-electron chi connectivity index (χ3n) is 2.50. The van der Waals surface area contributed by atoms with E-state index in [-0.39, 0.29) is 12.2 Å². The number of Topliss-reactive ketones (excluding diaryl/α,β-unsaturated/α-hetero) is 1. The van der Waals surface area contributed by atoms with Gasteiger partial charge in [0.25, 0.3) is 0 Å². The topological polar surface area (TPSA) is 65.2 Å². The number of aromatic nitrogens is 2. The molecule has 17 heavy (non-hydrogen) atoms. The van der Waals surface area contributed by atoms with Crippen molar-refractivity contribution < 1.29 is 14.1 Å². The second-order valence-electron chi connectivity index (χ2n) is 5.04. The van der Waals surface area contributed by atoms with Gasteiger partial charge in [-0.05, 0) is 19.8 Å². The molecule has 0 N–H and O–H groups in total. The Labute approximate surface area is 102 Å².